The van der Waals surface area contributed by atoms with E-state index in [1.54, 1.807) is 35.4 Å². The van der Waals surface area contributed by atoms with Crippen LogP contribution in [-0.4, -0.2) is 69.5 Å². The fourth-order valence-electron chi connectivity index (χ4n) is 5.32. The molecule has 0 spiro atoms. The first-order valence-electron chi connectivity index (χ1n) is 12.8. The number of pyridine rings is 1. The molecule has 5 rings (SSSR count). The van der Waals surface area contributed by atoms with Crippen LogP contribution >= 0.6 is 11.3 Å². The van der Waals surface area contributed by atoms with Crippen molar-refractivity contribution >= 4 is 34.8 Å². The van der Waals surface area contributed by atoms with E-state index in [9.17, 15) is 19.2 Å². The minimum Gasteiger partial charge on any atom is -0.340 e. The Balaban J connectivity index is 1.31. The number of carbonyl (C=O) groups excluding carboxylic acids is 4. The van der Waals surface area contributed by atoms with Gasteiger partial charge in [-0.25, -0.2) is 0 Å². The first kappa shape index (κ1) is 25.8. The fourth-order valence-corrected chi connectivity index (χ4v) is 6.23. The van der Waals surface area contributed by atoms with Gasteiger partial charge in [0, 0.05) is 17.6 Å². The average Bonchev–Trinajstić information content (AvgIpc) is 3.66. The number of likely N-dealkylation sites (tertiary alicyclic amines) is 2. The van der Waals surface area contributed by atoms with Crippen molar-refractivity contribution in [3.8, 4) is 10.4 Å². The average molecular weight is 531 g/mol. The van der Waals surface area contributed by atoms with Crippen molar-refractivity contribution in [2.75, 3.05) is 13.1 Å². The quantitative estimate of drug-likeness (QED) is 0.503. The zero-order valence-corrected chi connectivity index (χ0v) is 22.2. The Labute approximate surface area is 225 Å². The van der Waals surface area contributed by atoms with Gasteiger partial charge in [-0.05, 0) is 48.6 Å². The van der Waals surface area contributed by atoms with E-state index in [1.165, 1.54) is 16.2 Å². The monoisotopic (exact) mass is 530 g/mol. The third-order valence-corrected chi connectivity index (χ3v) is 8.18. The number of nitrogens with one attached hydrogen (secondary N) is 1. The maximum Gasteiger partial charge on any atom is 0.273 e. The lowest BCUT2D eigenvalue weighted by molar-refractivity contribution is -0.138. The van der Waals surface area contributed by atoms with E-state index >= 15 is 0 Å². The SMILES string of the molecule is CC(C)CC(NC(=O)c1ccc(-c2ccccc2)s1)C(=O)N1CCC2C1C(=O)CN2C(=O)c1ccccn1. The van der Waals surface area contributed by atoms with Crippen LogP contribution in [0, 0.1) is 5.92 Å². The summed E-state index contributed by atoms with van der Waals surface area (Å²) in [6, 6.07) is 16.7. The third kappa shape index (κ3) is 5.11. The van der Waals surface area contributed by atoms with Gasteiger partial charge in [0.05, 0.1) is 17.5 Å². The Morgan fingerprint density at radius 1 is 1.03 bits per heavy atom. The minimum absolute atomic E-state index is 0.0484. The Morgan fingerprint density at radius 3 is 2.50 bits per heavy atom. The van der Waals surface area contributed by atoms with Gasteiger partial charge in [0.2, 0.25) is 5.91 Å². The summed E-state index contributed by atoms with van der Waals surface area (Å²) >= 11 is 1.38. The zero-order valence-electron chi connectivity index (χ0n) is 21.4. The first-order chi connectivity index (χ1) is 18.3. The number of ketones is 1. The van der Waals surface area contributed by atoms with Gasteiger partial charge in [-0.1, -0.05) is 50.2 Å². The van der Waals surface area contributed by atoms with Crippen LogP contribution in [0.2, 0.25) is 0 Å². The van der Waals surface area contributed by atoms with Crippen LogP contribution < -0.4 is 5.32 Å². The number of thiophene rings is 1. The second kappa shape index (κ2) is 10.9. The number of amides is 3. The lowest BCUT2D eigenvalue weighted by Gasteiger charge is -2.29. The Bertz CT molecular complexity index is 1340. The lowest BCUT2D eigenvalue weighted by atomic mass is 10.0. The van der Waals surface area contributed by atoms with Crippen molar-refractivity contribution in [2.24, 2.45) is 5.92 Å². The predicted molar refractivity (Wildman–Crippen MR) is 145 cm³/mol. The molecule has 3 amide bonds. The van der Waals surface area contributed by atoms with Gasteiger partial charge in [0.1, 0.15) is 17.8 Å². The van der Waals surface area contributed by atoms with Crippen LogP contribution in [0.3, 0.4) is 0 Å². The van der Waals surface area contributed by atoms with Gasteiger partial charge in [-0.15, -0.1) is 11.3 Å². The van der Waals surface area contributed by atoms with Crippen molar-refractivity contribution in [2.45, 2.75) is 44.8 Å². The minimum atomic E-state index is -0.767. The third-order valence-electron chi connectivity index (χ3n) is 7.05. The van der Waals surface area contributed by atoms with Crippen LogP contribution in [0.1, 0.15) is 46.8 Å². The van der Waals surface area contributed by atoms with Crippen LogP contribution in [0.5, 0.6) is 0 Å². The number of rotatable bonds is 7. The molecule has 196 valence electrons. The summed E-state index contributed by atoms with van der Waals surface area (Å²) in [5.74, 6) is -0.908. The van der Waals surface area contributed by atoms with E-state index < -0.39 is 12.1 Å². The van der Waals surface area contributed by atoms with Crippen LogP contribution in [0.25, 0.3) is 10.4 Å². The molecule has 38 heavy (non-hydrogen) atoms. The standard InChI is InChI=1S/C29H30N4O4S/c1-18(2)16-21(31-27(35)25-12-11-24(38-25)19-8-4-3-5-9-19)29(37)32-15-13-22-26(32)23(34)17-33(22)28(36)20-10-6-7-14-30-20/h3-12,14,18,21-22,26H,13,15-17H2,1-2H3,(H,31,35). The van der Waals surface area contributed by atoms with Gasteiger partial charge in [0.15, 0.2) is 5.78 Å². The molecule has 4 heterocycles. The number of nitrogens with zero attached hydrogens (tertiary/aromatic N) is 3. The Morgan fingerprint density at radius 2 is 1.79 bits per heavy atom. The van der Waals surface area contributed by atoms with Crippen LogP contribution in [0.15, 0.2) is 66.9 Å². The van der Waals surface area contributed by atoms with E-state index in [-0.39, 0.29) is 47.7 Å². The molecule has 0 radical (unpaired) electrons. The highest BCUT2D eigenvalue weighted by atomic mass is 32.1. The summed E-state index contributed by atoms with van der Waals surface area (Å²) in [7, 11) is 0. The molecule has 9 heteroatoms. The summed E-state index contributed by atoms with van der Waals surface area (Å²) < 4.78 is 0. The summed E-state index contributed by atoms with van der Waals surface area (Å²) in [5.41, 5.74) is 1.31. The second-order valence-corrected chi connectivity index (χ2v) is 11.2. The molecular formula is C29H30N4O4S. The number of Topliss-reactive ketones (excluding diaryl/α,β-unsaturated/α-hetero) is 1. The van der Waals surface area contributed by atoms with Crippen molar-refractivity contribution in [1.29, 1.82) is 0 Å². The molecule has 3 unspecified atom stereocenters. The van der Waals surface area contributed by atoms with Crippen molar-refractivity contribution in [3.63, 3.8) is 0 Å². The normalized spacial score (nSPS) is 19.5. The molecule has 1 aromatic carbocycles. The van der Waals surface area contributed by atoms with Crippen molar-refractivity contribution < 1.29 is 19.2 Å². The molecular weight excluding hydrogens is 500 g/mol. The molecule has 0 saturated carbocycles. The number of hydrogen-bond donors (Lipinski definition) is 1. The molecule has 3 atom stereocenters. The molecule has 2 saturated heterocycles. The Hall–Kier alpha value is -3.85. The van der Waals surface area contributed by atoms with Crippen LogP contribution in [-0.2, 0) is 9.59 Å². The van der Waals surface area contributed by atoms with E-state index in [4.69, 9.17) is 0 Å². The van der Waals surface area contributed by atoms with Gasteiger partial charge >= 0.3 is 0 Å². The number of aromatic nitrogens is 1. The summed E-state index contributed by atoms with van der Waals surface area (Å²) in [4.78, 5) is 61.8. The van der Waals surface area contributed by atoms with Gasteiger partial charge in [0.25, 0.3) is 11.8 Å². The maximum absolute atomic E-state index is 13.8. The fraction of sp³-hybridized carbons (Fsp3) is 0.345. The largest absolute Gasteiger partial charge is 0.340 e. The number of hydrogen-bond acceptors (Lipinski definition) is 6. The van der Waals surface area contributed by atoms with Gasteiger partial charge in [-0.2, -0.15) is 0 Å². The first-order valence-corrected chi connectivity index (χ1v) is 13.7. The highest BCUT2D eigenvalue weighted by molar-refractivity contribution is 7.17. The van der Waals surface area contributed by atoms with Crippen molar-refractivity contribution in [3.05, 3.63) is 77.4 Å². The number of carbonyl (C=O) groups is 4. The molecule has 1 N–H and O–H groups in total. The predicted octanol–water partition coefficient (Wildman–Crippen LogP) is 3.65. The molecule has 0 bridgehead atoms. The Kier molecular flexibility index (Phi) is 7.37. The van der Waals surface area contributed by atoms with Gasteiger partial charge in [-0.3, -0.25) is 24.2 Å². The highest BCUT2D eigenvalue weighted by Crippen LogP contribution is 2.32. The van der Waals surface area contributed by atoms with E-state index in [2.05, 4.69) is 10.3 Å². The number of benzene rings is 1. The smallest absolute Gasteiger partial charge is 0.273 e. The van der Waals surface area contributed by atoms with E-state index in [0.29, 0.717) is 24.3 Å². The van der Waals surface area contributed by atoms with Crippen LogP contribution in [0.4, 0.5) is 0 Å². The topological polar surface area (TPSA) is 99.7 Å². The van der Waals surface area contributed by atoms with E-state index in [0.717, 1.165) is 10.4 Å². The molecule has 0 aliphatic carbocycles. The van der Waals surface area contributed by atoms with Crippen molar-refractivity contribution in [1.82, 2.24) is 20.1 Å². The molecule has 2 aromatic heterocycles. The summed E-state index contributed by atoms with van der Waals surface area (Å²) in [5, 5.41) is 2.94. The lowest BCUT2D eigenvalue weighted by Crippen LogP contribution is -2.52. The van der Waals surface area contributed by atoms with Gasteiger partial charge < -0.3 is 15.1 Å². The molecule has 2 aliphatic rings. The molecule has 2 aliphatic heterocycles. The summed E-state index contributed by atoms with van der Waals surface area (Å²) in [6.45, 7) is 4.29. The van der Waals surface area contributed by atoms with E-state index in [1.807, 2.05) is 50.2 Å². The number of fused-ring (bicyclic) bond motifs is 1. The highest BCUT2D eigenvalue weighted by Gasteiger charge is 2.52. The maximum atomic E-state index is 13.8. The second-order valence-electron chi connectivity index (χ2n) is 10.1. The molecule has 3 aromatic rings. The molecule has 8 nitrogen and oxygen atoms in total. The molecule has 2 fully saturated rings. The summed E-state index contributed by atoms with van der Waals surface area (Å²) in [6.07, 6.45) is 2.50. The zero-order chi connectivity index (χ0) is 26.8.